The van der Waals surface area contributed by atoms with E-state index >= 15 is 0 Å². The van der Waals surface area contributed by atoms with Gasteiger partial charge in [0.2, 0.25) is 0 Å². The average molecular weight is 170 g/mol. The summed E-state index contributed by atoms with van der Waals surface area (Å²) in [7, 11) is 0. The van der Waals surface area contributed by atoms with Gasteiger partial charge in [0, 0.05) is 4.90 Å². The maximum absolute atomic E-state index is 13.0. The lowest BCUT2D eigenvalue weighted by molar-refractivity contribution is 0.346. The molecular weight excluding hydrogens is 159 g/mol. The Morgan fingerprint density at radius 1 is 1.18 bits per heavy atom. The van der Waals surface area contributed by atoms with Crippen molar-refractivity contribution in [2.75, 3.05) is 0 Å². The van der Waals surface area contributed by atoms with E-state index < -0.39 is 5.00 Å². The number of benzene rings is 1. The molecule has 0 bridgehead atoms. The van der Waals surface area contributed by atoms with E-state index in [1.807, 2.05) is 30.3 Å². The summed E-state index contributed by atoms with van der Waals surface area (Å²) in [6.07, 6.45) is 0. The highest BCUT2D eigenvalue weighted by Gasteiger charge is 2.16. The van der Waals surface area contributed by atoms with Crippen LogP contribution in [-0.2, 0) is 0 Å². The van der Waals surface area contributed by atoms with E-state index in [1.54, 1.807) is 13.8 Å². The summed E-state index contributed by atoms with van der Waals surface area (Å²) in [6, 6.07) is 9.56. The number of alkyl halides is 1. The van der Waals surface area contributed by atoms with E-state index in [2.05, 4.69) is 0 Å². The maximum atomic E-state index is 13.0. The van der Waals surface area contributed by atoms with Crippen LogP contribution in [0.5, 0.6) is 0 Å². The van der Waals surface area contributed by atoms with Crippen molar-refractivity contribution >= 4 is 11.8 Å². The summed E-state index contributed by atoms with van der Waals surface area (Å²) >= 11 is 1.23. The highest BCUT2D eigenvalue weighted by Crippen LogP contribution is 2.32. The molecule has 1 aromatic rings. The summed E-state index contributed by atoms with van der Waals surface area (Å²) in [6.45, 7) is 3.12. The quantitative estimate of drug-likeness (QED) is 0.612. The number of rotatable bonds is 2. The van der Waals surface area contributed by atoms with Gasteiger partial charge < -0.3 is 0 Å². The van der Waals surface area contributed by atoms with Crippen molar-refractivity contribution in [1.82, 2.24) is 0 Å². The molecule has 0 spiro atoms. The molecule has 0 N–H and O–H groups in total. The van der Waals surface area contributed by atoms with Gasteiger partial charge in [0.05, 0.1) is 0 Å². The van der Waals surface area contributed by atoms with E-state index in [-0.39, 0.29) is 0 Å². The standard InChI is InChI=1S/C9H11FS/c1-9(2,10)11-8-6-4-3-5-7-8/h3-7H,1-2H3. The average Bonchev–Trinajstić information content (AvgIpc) is 1.85. The predicted octanol–water partition coefficient (Wildman–Crippen LogP) is 3.48. The fourth-order valence-electron chi connectivity index (χ4n) is 0.769. The van der Waals surface area contributed by atoms with Crippen LogP contribution in [0.15, 0.2) is 35.2 Å². The summed E-state index contributed by atoms with van der Waals surface area (Å²) in [4.78, 5) is 0.972. The van der Waals surface area contributed by atoms with Crippen LogP contribution < -0.4 is 0 Å². The van der Waals surface area contributed by atoms with Gasteiger partial charge in [0.15, 0.2) is 5.00 Å². The molecule has 0 unspecified atom stereocenters. The van der Waals surface area contributed by atoms with Crippen molar-refractivity contribution in [2.45, 2.75) is 23.7 Å². The Morgan fingerprint density at radius 3 is 2.18 bits per heavy atom. The lowest BCUT2D eigenvalue weighted by atomic mass is 10.4. The molecule has 60 valence electrons. The zero-order chi connectivity index (χ0) is 8.32. The molecule has 0 aliphatic rings. The van der Waals surface area contributed by atoms with Crippen LogP contribution in [0.2, 0.25) is 0 Å². The first-order valence-corrected chi connectivity index (χ1v) is 4.32. The molecule has 0 aliphatic heterocycles. The smallest absolute Gasteiger partial charge is 0.155 e. The Hall–Kier alpha value is -0.500. The van der Waals surface area contributed by atoms with Crippen LogP contribution in [0.1, 0.15) is 13.8 Å². The SMILES string of the molecule is CC(C)(F)Sc1ccccc1. The molecule has 1 aromatic carbocycles. The molecule has 0 saturated heterocycles. The van der Waals surface area contributed by atoms with Gasteiger partial charge in [0.1, 0.15) is 0 Å². The number of hydrogen-bond acceptors (Lipinski definition) is 1. The minimum absolute atomic E-state index is 0.972. The molecule has 0 fully saturated rings. The Bertz CT molecular complexity index is 213. The van der Waals surface area contributed by atoms with Crippen molar-refractivity contribution < 1.29 is 4.39 Å². The van der Waals surface area contributed by atoms with Crippen LogP contribution in [0.25, 0.3) is 0 Å². The minimum atomic E-state index is -1.18. The lowest BCUT2D eigenvalue weighted by Crippen LogP contribution is -2.03. The normalized spacial score (nSPS) is 11.5. The molecule has 0 nitrogen and oxygen atoms in total. The Kier molecular flexibility index (Phi) is 2.55. The van der Waals surface area contributed by atoms with Crippen molar-refractivity contribution in [1.29, 1.82) is 0 Å². The molecule has 0 aliphatic carbocycles. The van der Waals surface area contributed by atoms with E-state index in [0.717, 1.165) is 4.90 Å². The van der Waals surface area contributed by atoms with E-state index in [9.17, 15) is 4.39 Å². The van der Waals surface area contributed by atoms with Gasteiger partial charge >= 0.3 is 0 Å². The first-order valence-electron chi connectivity index (χ1n) is 3.51. The zero-order valence-corrected chi connectivity index (χ0v) is 7.49. The number of hydrogen-bond donors (Lipinski definition) is 0. The Morgan fingerprint density at radius 2 is 1.73 bits per heavy atom. The Balaban J connectivity index is 2.66. The molecule has 0 aromatic heterocycles. The van der Waals surface area contributed by atoms with Crippen molar-refractivity contribution in [2.24, 2.45) is 0 Å². The molecular formula is C9H11FS. The predicted molar refractivity (Wildman–Crippen MR) is 47.5 cm³/mol. The fraction of sp³-hybridized carbons (Fsp3) is 0.333. The van der Waals surface area contributed by atoms with Crippen molar-refractivity contribution in [3.05, 3.63) is 30.3 Å². The second-order valence-corrected chi connectivity index (χ2v) is 4.42. The first-order chi connectivity index (χ1) is 5.08. The van der Waals surface area contributed by atoms with Crippen LogP contribution in [-0.4, -0.2) is 5.00 Å². The van der Waals surface area contributed by atoms with Crippen LogP contribution in [0.3, 0.4) is 0 Å². The monoisotopic (exact) mass is 170 g/mol. The van der Waals surface area contributed by atoms with Crippen LogP contribution >= 0.6 is 11.8 Å². The molecule has 0 saturated carbocycles. The lowest BCUT2D eigenvalue weighted by Gasteiger charge is -2.12. The van der Waals surface area contributed by atoms with Gasteiger partial charge in [0.25, 0.3) is 0 Å². The van der Waals surface area contributed by atoms with Gasteiger partial charge in [-0.25, -0.2) is 4.39 Å². The maximum Gasteiger partial charge on any atom is 0.155 e. The second-order valence-electron chi connectivity index (χ2n) is 2.78. The summed E-state index contributed by atoms with van der Waals surface area (Å²) in [5.41, 5.74) is 0. The van der Waals surface area contributed by atoms with Gasteiger partial charge in [-0.15, -0.1) is 0 Å². The van der Waals surface area contributed by atoms with Gasteiger partial charge in [-0.1, -0.05) is 30.0 Å². The second kappa shape index (κ2) is 3.26. The van der Waals surface area contributed by atoms with E-state index in [1.165, 1.54) is 11.8 Å². The topological polar surface area (TPSA) is 0 Å². The molecule has 11 heavy (non-hydrogen) atoms. The largest absolute Gasteiger partial charge is 0.232 e. The number of thioether (sulfide) groups is 1. The zero-order valence-electron chi connectivity index (χ0n) is 6.67. The molecule has 2 heteroatoms. The first kappa shape index (κ1) is 8.60. The molecule has 0 atom stereocenters. The molecule has 0 amide bonds. The van der Waals surface area contributed by atoms with Gasteiger partial charge in [-0.2, -0.15) is 0 Å². The highest BCUT2D eigenvalue weighted by atomic mass is 32.2. The van der Waals surface area contributed by atoms with Gasteiger partial charge in [-0.05, 0) is 26.0 Å². The third kappa shape index (κ3) is 3.42. The van der Waals surface area contributed by atoms with Crippen molar-refractivity contribution in [3.63, 3.8) is 0 Å². The summed E-state index contributed by atoms with van der Waals surface area (Å²) in [5, 5.41) is -1.18. The molecule has 0 heterocycles. The molecule has 1 rings (SSSR count). The van der Waals surface area contributed by atoms with E-state index in [0.29, 0.717) is 0 Å². The fourth-order valence-corrected chi connectivity index (χ4v) is 1.62. The molecule has 0 radical (unpaired) electrons. The van der Waals surface area contributed by atoms with Crippen LogP contribution in [0.4, 0.5) is 4.39 Å². The highest BCUT2D eigenvalue weighted by molar-refractivity contribution is 8.00. The van der Waals surface area contributed by atoms with Crippen LogP contribution in [0, 0.1) is 0 Å². The third-order valence-electron chi connectivity index (χ3n) is 1.10. The number of halogens is 1. The Labute approximate surface area is 70.8 Å². The minimum Gasteiger partial charge on any atom is -0.232 e. The summed E-state index contributed by atoms with van der Waals surface area (Å²) < 4.78 is 13.0. The summed E-state index contributed by atoms with van der Waals surface area (Å²) in [5.74, 6) is 0. The van der Waals surface area contributed by atoms with Gasteiger partial charge in [-0.3, -0.25) is 0 Å². The van der Waals surface area contributed by atoms with E-state index in [4.69, 9.17) is 0 Å². The third-order valence-corrected chi connectivity index (χ3v) is 2.10. The van der Waals surface area contributed by atoms with Crippen molar-refractivity contribution in [3.8, 4) is 0 Å².